The molecular formula is C14H17ClN4. The van der Waals surface area contributed by atoms with Crippen LogP contribution in [-0.4, -0.2) is 42.1 Å². The van der Waals surface area contributed by atoms with Crippen LogP contribution in [0.1, 0.15) is 0 Å². The van der Waals surface area contributed by atoms with Crippen LogP contribution in [-0.2, 0) is 0 Å². The molecule has 1 aromatic heterocycles. The van der Waals surface area contributed by atoms with Gasteiger partial charge in [-0.25, -0.2) is 9.97 Å². The molecule has 0 atom stereocenters. The Kier molecular flexibility index (Phi) is 4.71. The van der Waals surface area contributed by atoms with Crippen LogP contribution in [0.15, 0.2) is 36.4 Å². The van der Waals surface area contributed by atoms with Crippen molar-refractivity contribution >= 4 is 17.4 Å². The number of nitrogens with zero attached hydrogens (tertiary/aromatic N) is 3. The molecule has 0 amide bonds. The first kappa shape index (κ1) is 13.8. The monoisotopic (exact) mass is 276 g/mol. The van der Waals surface area contributed by atoms with E-state index in [2.05, 4.69) is 20.2 Å². The quantitative estimate of drug-likeness (QED) is 0.853. The van der Waals surface area contributed by atoms with Gasteiger partial charge in [-0.05, 0) is 25.7 Å². The Morgan fingerprint density at radius 3 is 2.58 bits per heavy atom. The van der Waals surface area contributed by atoms with E-state index in [0.29, 0.717) is 0 Å². The topological polar surface area (TPSA) is 41.0 Å². The van der Waals surface area contributed by atoms with Crippen molar-refractivity contribution in [1.29, 1.82) is 0 Å². The number of anilines is 1. The summed E-state index contributed by atoms with van der Waals surface area (Å²) in [6.45, 7) is 1.75. The summed E-state index contributed by atoms with van der Waals surface area (Å²) in [5.74, 6) is 0.751. The maximum absolute atomic E-state index is 5.97. The highest BCUT2D eigenvalue weighted by Crippen LogP contribution is 2.20. The summed E-state index contributed by atoms with van der Waals surface area (Å²) in [6, 6.07) is 11.8. The molecule has 2 rings (SSSR count). The Bertz CT molecular complexity index is 528. The first-order valence-corrected chi connectivity index (χ1v) is 6.51. The van der Waals surface area contributed by atoms with Crippen LogP contribution in [0.3, 0.4) is 0 Å². The lowest BCUT2D eigenvalue weighted by molar-refractivity contribution is 0.425. The number of halogens is 1. The number of likely N-dealkylation sites (N-methyl/N-ethyl adjacent to an activating group) is 1. The second-order valence-corrected chi connectivity index (χ2v) is 4.84. The largest absolute Gasteiger partial charge is 0.369 e. The lowest BCUT2D eigenvalue weighted by atomic mass is 10.1. The lowest BCUT2D eigenvalue weighted by Crippen LogP contribution is -2.21. The molecule has 0 aliphatic carbocycles. The van der Waals surface area contributed by atoms with Crippen molar-refractivity contribution in [3.8, 4) is 11.3 Å². The van der Waals surface area contributed by atoms with Gasteiger partial charge >= 0.3 is 0 Å². The molecular weight excluding hydrogens is 260 g/mol. The van der Waals surface area contributed by atoms with Crippen LogP contribution >= 0.6 is 11.6 Å². The average Bonchev–Trinajstić information content (AvgIpc) is 2.39. The van der Waals surface area contributed by atoms with Gasteiger partial charge in [-0.2, -0.15) is 0 Å². The van der Waals surface area contributed by atoms with Crippen LogP contribution in [0.4, 0.5) is 5.82 Å². The fourth-order valence-corrected chi connectivity index (χ4v) is 1.85. The van der Waals surface area contributed by atoms with Gasteiger partial charge in [0.25, 0.3) is 0 Å². The fourth-order valence-electron chi connectivity index (χ4n) is 1.67. The summed E-state index contributed by atoms with van der Waals surface area (Å²) >= 11 is 5.97. The maximum atomic E-state index is 5.97. The van der Waals surface area contributed by atoms with Crippen molar-refractivity contribution in [2.75, 3.05) is 32.5 Å². The molecule has 0 aliphatic heterocycles. The molecule has 1 N–H and O–H groups in total. The van der Waals surface area contributed by atoms with Gasteiger partial charge in [0.05, 0.1) is 5.69 Å². The molecule has 19 heavy (non-hydrogen) atoms. The Labute approximate surface area is 118 Å². The van der Waals surface area contributed by atoms with Crippen molar-refractivity contribution in [2.24, 2.45) is 0 Å². The summed E-state index contributed by atoms with van der Waals surface area (Å²) in [7, 11) is 4.06. The van der Waals surface area contributed by atoms with Crippen molar-refractivity contribution in [3.05, 3.63) is 41.7 Å². The molecule has 5 heteroatoms. The van der Waals surface area contributed by atoms with E-state index in [4.69, 9.17) is 11.6 Å². The second kappa shape index (κ2) is 6.50. The molecule has 2 aromatic rings. The molecule has 0 aliphatic rings. The van der Waals surface area contributed by atoms with Gasteiger partial charge in [0.15, 0.2) is 0 Å². The highest BCUT2D eigenvalue weighted by molar-refractivity contribution is 6.28. The number of benzene rings is 1. The van der Waals surface area contributed by atoms with E-state index in [1.807, 2.05) is 50.5 Å². The molecule has 4 nitrogen and oxygen atoms in total. The van der Waals surface area contributed by atoms with E-state index in [1.165, 1.54) is 0 Å². The van der Waals surface area contributed by atoms with Crippen molar-refractivity contribution < 1.29 is 0 Å². The highest BCUT2D eigenvalue weighted by atomic mass is 35.5. The minimum Gasteiger partial charge on any atom is -0.369 e. The Hall–Kier alpha value is -1.65. The molecule has 1 aromatic carbocycles. The van der Waals surface area contributed by atoms with Gasteiger partial charge < -0.3 is 10.2 Å². The van der Waals surface area contributed by atoms with Crippen molar-refractivity contribution in [2.45, 2.75) is 0 Å². The zero-order valence-electron chi connectivity index (χ0n) is 11.1. The lowest BCUT2D eigenvalue weighted by Gasteiger charge is -2.11. The number of rotatable bonds is 5. The van der Waals surface area contributed by atoms with E-state index >= 15 is 0 Å². The highest BCUT2D eigenvalue weighted by Gasteiger charge is 2.04. The summed E-state index contributed by atoms with van der Waals surface area (Å²) in [4.78, 5) is 10.5. The zero-order valence-corrected chi connectivity index (χ0v) is 11.9. The van der Waals surface area contributed by atoms with Gasteiger partial charge in [-0.3, -0.25) is 0 Å². The van der Waals surface area contributed by atoms with Crippen molar-refractivity contribution in [1.82, 2.24) is 14.9 Å². The molecule has 0 unspecified atom stereocenters. The third kappa shape index (κ3) is 4.19. The number of nitrogens with one attached hydrogen (secondary N) is 1. The summed E-state index contributed by atoms with van der Waals surface area (Å²) in [6.07, 6.45) is 0. The van der Waals surface area contributed by atoms with E-state index in [9.17, 15) is 0 Å². The van der Waals surface area contributed by atoms with Crippen LogP contribution in [0.25, 0.3) is 11.3 Å². The molecule has 0 fully saturated rings. The number of hydrogen-bond acceptors (Lipinski definition) is 4. The predicted molar refractivity (Wildman–Crippen MR) is 79.5 cm³/mol. The third-order valence-electron chi connectivity index (χ3n) is 2.63. The van der Waals surface area contributed by atoms with Gasteiger partial charge in [-0.15, -0.1) is 0 Å². The summed E-state index contributed by atoms with van der Waals surface area (Å²) < 4.78 is 0. The second-order valence-electron chi connectivity index (χ2n) is 4.50. The van der Waals surface area contributed by atoms with E-state index in [1.54, 1.807) is 0 Å². The average molecular weight is 277 g/mol. The number of aromatic nitrogens is 2. The summed E-state index contributed by atoms with van der Waals surface area (Å²) in [5, 5.41) is 3.51. The molecule has 100 valence electrons. The molecule has 0 spiro atoms. The molecule has 0 bridgehead atoms. The smallest absolute Gasteiger partial charge is 0.224 e. The van der Waals surface area contributed by atoms with E-state index in [0.717, 1.165) is 30.2 Å². The van der Waals surface area contributed by atoms with Crippen molar-refractivity contribution in [3.63, 3.8) is 0 Å². The molecule has 0 radical (unpaired) electrons. The molecule has 0 saturated heterocycles. The normalized spacial score (nSPS) is 10.7. The number of hydrogen-bond donors (Lipinski definition) is 1. The summed E-state index contributed by atoms with van der Waals surface area (Å²) in [5.41, 5.74) is 1.86. The van der Waals surface area contributed by atoms with E-state index < -0.39 is 0 Å². The van der Waals surface area contributed by atoms with Crippen LogP contribution in [0, 0.1) is 0 Å². The fraction of sp³-hybridized carbons (Fsp3) is 0.286. The standard InChI is InChI=1S/C14H17ClN4/c1-19(2)9-8-16-13-10-12(17-14(15)18-13)11-6-4-3-5-7-11/h3-7,10H,8-9H2,1-2H3,(H,16,17,18). The third-order valence-corrected chi connectivity index (χ3v) is 2.80. The van der Waals surface area contributed by atoms with Crippen LogP contribution in [0.5, 0.6) is 0 Å². The first-order chi connectivity index (χ1) is 9.15. The van der Waals surface area contributed by atoms with Crippen LogP contribution in [0.2, 0.25) is 5.28 Å². The first-order valence-electron chi connectivity index (χ1n) is 6.14. The van der Waals surface area contributed by atoms with E-state index in [-0.39, 0.29) is 5.28 Å². The Balaban J connectivity index is 2.16. The van der Waals surface area contributed by atoms with Crippen LogP contribution < -0.4 is 5.32 Å². The molecule has 0 saturated carbocycles. The SMILES string of the molecule is CN(C)CCNc1cc(-c2ccccc2)nc(Cl)n1. The molecule has 1 heterocycles. The van der Waals surface area contributed by atoms with Gasteiger partial charge in [-0.1, -0.05) is 30.3 Å². The van der Waals surface area contributed by atoms with Gasteiger partial charge in [0.1, 0.15) is 5.82 Å². The zero-order chi connectivity index (χ0) is 13.7. The minimum atomic E-state index is 0.258. The minimum absolute atomic E-state index is 0.258. The maximum Gasteiger partial charge on any atom is 0.224 e. The Morgan fingerprint density at radius 2 is 1.89 bits per heavy atom. The predicted octanol–water partition coefficient (Wildman–Crippen LogP) is 2.77. The Morgan fingerprint density at radius 1 is 1.16 bits per heavy atom. The van der Waals surface area contributed by atoms with Gasteiger partial charge in [0.2, 0.25) is 5.28 Å². The van der Waals surface area contributed by atoms with Gasteiger partial charge in [0, 0.05) is 24.7 Å².